The zero-order chi connectivity index (χ0) is 19.6. The molecule has 1 fully saturated rings. The SMILES string of the molecule is CC(Cc1nc2ccccc2s1)N1CCC(c2nc(-c3ccccn3)no2)CC1. The molecule has 0 spiro atoms. The van der Waals surface area contributed by atoms with Crippen LogP contribution in [0.1, 0.15) is 36.6 Å². The minimum Gasteiger partial charge on any atom is -0.339 e. The molecule has 0 radical (unpaired) electrons. The minimum atomic E-state index is 0.325. The molecule has 1 saturated heterocycles. The van der Waals surface area contributed by atoms with Gasteiger partial charge >= 0.3 is 0 Å². The third-order valence-corrected chi connectivity index (χ3v) is 6.70. The standard InChI is InChI=1S/C22H23N5OS/c1-15(14-20-24-17-6-2-3-8-19(17)29-20)27-12-9-16(10-13-27)22-25-21(26-28-22)18-7-4-5-11-23-18/h2-8,11,15-16H,9-10,12-14H2,1H3. The van der Waals surface area contributed by atoms with Crippen molar-refractivity contribution >= 4 is 21.6 Å². The number of benzene rings is 1. The maximum Gasteiger partial charge on any atom is 0.230 e. The molecule has 29 heavy (non-hydrogen) atoms. The van der Waals surface area contributed by atoms with Gasteiger partial charge in [-0.1, -0.05) is 23.4 Å². The van der Waals surface area contributed by atoms with Crippen LogP contribution < -0.4 is 0 Å². The summed E-state index contributed by atoms with van der Waals surface area (Å²) in [5.41, 5.74) is 1.86. The van der Waals surface area contributed by atoms with Gasteiger partial charge in [-0.15, -0.1) is 11.3 Å². The molecule has 1 aliphatic heterocycles. The smallest absolute Gasteiger partial charge is 0.230 e. The Morgan fingerprint density at radius 3 is 2.72 bits per heavy atom. The fourth-order valence-electron chi connectivity index (χ4n) is 3.98. The third-order valence-electron chi connectivity index (χ3n) is 5.65. The molecule has 148 valence electrons. The maximum absolute atomic E-state index is 5.56. The van der Waals surface area contributed by atoms with E-state index in [0.717, 1.165) is 49.5 Å². The Labute approximate surface area is 173 Å². The van der Waals surface area contributed by atoms with Gasteiger partial charge in [0.25, 0.3) is 0 Å². The average Bonchev–Trinajstić information content (AvgIpc) is 3.41. The Bertz CT molecular complexity index is 1050. The summed E-state index contributed by atoms with van der Waals surface area (Å²) in [4.78, 5) is 16.2. The quantitative estimate of drug-likeness (QED) is 0.485. The Morgan fingerprint density at radius 2 is 1.93 bits per heavy atom. The molecule has 6 nitrogen and oxygen atoms in total. The molecule has 0 bridgehead atoms. The van der Waals surface area contributed by atoms with Crippen LogP contribution in [0.2, 0.25) is 0 Å². The lowest BCUT2D eigenvalue weighted by Crippen LogP contribution is -2.40. The van der Waals surface area contributed by atoms with Crippen LogP contribution in [0.4, 0.5) is 0 Å². The summed E-state index contributed by atoms with van der Waals surface area (Å²) in [6.07, 6.45) is 4.81. The normalized spacial score (nSPS) is 17.0. The van der Waals surface area contributed by atoms with E-state index in [1.165, 1.54) is 9.71 Å². The topological polar surface area (TPSA) is 67.9 Å². The molecule has 1 atom stereocenters. The van der Waals surface area contributed by atoms with Gasteiger partial charge in [0, 0.05) is 24.6 Å². The molecule has 0 saturated carbocycles. The second-order valence-corrected chi connectivity index (χ2v) is 8.73. The first-order valence-corrected chi connectivity index (χ1v) is 10.9. The summed E-state index contributed by atoms with van der Waals surface area (Å²) >= 11 is 1.81. The monoisotopic (exact) mass is 405 g/mol. The van der Waals surface area contributed by atoms with E-state index in [2.05, 4.69) is 51.2 Å². The van der Waals surface area contributed by atoms with Crippen molar-refractivity contribution in [3.63, 3.8) is 0 Å². The highest BCUT2D eigenvalue weighted by Crippen LogP contribution is 2.30. The molecule has 1 unspecified atom stereocenters. The van der Waals surface area contributed by atoms with Gasteiger partial charge in [-0.05, 0) is 57.1 Å². The Balaban J connectivity index is 1.19. The molecular formula is C22H23N5OS. The maximum atomic E-state index is 5.56. The van der Waals surface area contributed by atoms with Crippen molar-refractivity contribution in [1.82, 2.24) is 25.0 Å². The van der Waals surface area contributed by atoms with Crippen LogP contribution in [0.3, 0.4) is 0 Å². The Morgan fingerprint density at radius 1 is 1.10 bits per heavy atom. The molecule has 0 aliphatic carbocycles. The number of nitrogens with zero attached hydrogens (tertiary/aromatic N) is 5. The van der Waals surface area contributed by atoms with Crippen LogP contribution in [0.25, 0.3) is 21.7 Å². The number of pyridine rings is 1. The van der Waals surface area contributed by atoms with Gasteiger partial charge in [0.15, 0.2) is 0 Å². The van der Waals surface area contributed by atoms with E-state index in [4.69, 9.17) is 9.51 Å². The molecule has 4 aromatic rings. The number of para-hydroxylation sites is 1. The molecule has 3 aromatic heterocycles. The molecule has 0 amide bonds. The van der Waals surface area contributed by atoms with Gasteiger partial charge in [-0.25, -0.2) is 4.98 Å². The van der Waals surface area contributed by atoms with E-state index in [9.17, 15) is 0 Å². The van der Waals surface area contributed by atoms with Gasteiger partial charge in [-0.3, -0.25) is 4.98 Å². The summed E-state index contributed by atoms with van der Waals surface area (Å²) in [6, 6.07) is 14.6. The lowest BCUT2D eigenvalue weighted by molar-refractivity contribution is 0.150. The van der Waals surface area contributed by atoms with Gasteiger partial charge in [0.2, 0.25) is 11.7 Å². The van der Waals surface area contributed by atoms with Crippen molar-refractivity contribution in [2.24, 2.45) is 0 Å². The van der Waals surface area contributed by atoms with E-state index >= 15 is 0 Å². The Hall–Kier alpha value is -2.64. The van der Waals surface area contributed by atoms with Crippen molar-refractivity contribution in [3.8, 4) is 11.5 Å². The summed E-state index contributed by atoms with van der Waals surface area (Å²) in [5.74, 6) is 1.64. The number of likely N-dealkylation sites (tertiary alicyclic amines) is 1. The molecular weight excluding hydrogens is 382 g/mol. The minimum absolute atomic E-state index is 0.325. The van der Waals surface area contributed by atoms with Crippen LogP contribution in [0.15, 0.2) is 53.2 Å². The molecule has 7 heteroatoms. The van der Waals surface area contributed by atoms with E-state index in [-0.39, 0.29) is 0 Å². The van der Waals surface area contributed by atoms with Crippen molar-refractivity contribution in [2.45, 2.75) is 38.1 Å². The molecule has 1 aromatic carbocycles. The van der Waals surface area contributed by atoms with Crippen LogP contribution in [-0.4, -0.2) is 44.1 Å². The van der Waals surface area contributed by atoms with Crippen molar-refractivity contribution in [1.29, 1.82) is 0 Å². The van der Waals surface area contributed by atoms with Gasteiger partial charge in [0.05, 0.1) is 15.2 Å². The number of aromatic nitrogens is 4. The molecule has 4 heterocycles. The molecule has 5 rings (SSSR count). The number of hydrogen-bond donors (Lipinski definition) is 0. The first kappa shape index (κ1) is 18.4. The first-order chi connectivity index (χ1) is 14.3. The highest BCUT2D eigenvalue weighted by atomic mass is 32.1. The van der Waals surface area contributed by atoms with Crippen molar-refractivity contribution < 1.29 is 4.52 Å². The highest BCUT2D eigenvalue weighted by Gasteiger charge is 2.28. The van der Waals surface area contributed by atoms with E-state index in [0.29, 0.717) is 17.8 Å². The lowest BCUT2D eigenvalue weighted by atomic mass is 9.95. The number of thiazole rings is 1. The summed E-state index contributed by atoms with van der Waals surface area (Å²) in [5, 5.41) is 5.34. The highest BCUT2D eigenvalue weighted by molar-refractivity contribution is 7.18. The second kappa shape index (κ2) is 8.00. The van der Waals surface area contributed by atoms with Gasteiger partial charge < -0.3 is 9.42 Å². The first-order valence-electron chi connectivity index (χ1n) is 10.1. The fourth-order valence-corrected chi connectivity index (χ4v) is 5.06. The fraction of sp³-hybridized carbons (Fsp3) is 0.364. The van der Waals surface area contributed by atoms with Gasteiger partial charge in [-0.2, -0.15) is 4.98 Å². The average molecular weight is 406 g/mol. The number of piperidine rings is 1. The van der Waals surface area contributed by atoms with Crippen molar-refractivity contribution in [2.75, 3.05) is 13.1 Å². The van der Waals surface area contributed by atoms with E-state index < -0.39 is 0 Å². The van der Waals surface area contributed by atoms with Gasteiger partial charge in [0.1, 0.15) is 5.69 Å². The van der Waals surface area contributed by atoms with Crippen LogP contribution in [0.5, 0.6) is 0 Å². The molecule has 0 N–H and O–H groups in total. The number of rotatable bonds is 5. The summed E-state index contributed by atoms with van der Waals surface area (Å²) < 4.78 is 6.83. The van der Waals surface area contributed by atoms with Crippen LogP contribution >= 0.6 is 11.3 Å². The predicted molar refractivity (Wildman–Crippen MR) is 114 cm³/mol. The number of hydrogen-bond acceptors (Lipinski definition) is 7. The molecule has 1 aliphatic rings. The van der Waals surface area contributed by atoms with E-state index in [1.54, 1.807) is 6.20 Å². The summed E-state index contributed by atoms with van der Waals surface area (Å²) in [7, 11) is 0. The summed E-state index contributed by atoms with van der Waals surface area (Å²) in [6.45, 7) is 4.38. The predicted octanol–water partition coefficient (Wildman–Crippen LogP) is 4.55. The van der Waals surface area contributed by atoms with E-state index in [1.807, 2.05) is 29.5 Å². The van der Waals surface area contributed by atoms with Crippen LogP contribution in [-0.2, 0) is 6.42 Å². The second-order valence-electron chi connectivity index (χ2n) is 7.61. The largest absolute Gasteiger partial charge is 0.339 e. The third kappa shape index (κ3) is 3.93. The van der Waals surface area contributed by atoms with Crippen molar-refractivity contribution in [3.05, 3.63) is 59.6 Å². The van der Waals surface area contributed by atoms with Crippen LogP contribution in [0, 0.1) is 0 Å². The lowest BCUT2D eigenvalue weighted by Gasteiger charge is -2.34. The zero-order valence-corrected chi connectivity index (χ0v) is 17.2. The Kier molecular flexibility index (Phi) is 5.08. The number of fused-ring (bicyclic) bond motifs is 1. The zero-order valence-electron chi connectivity index (χ0n) is 16.4.